The smallest absolute Gasteiger partial charge is 0.174 e. The lowest BCUT2D eigenvalue weighted by atomic mass is 10.3. The molecule has 0 saturated heterocycles. The van der Waals surface area contributed by atoms with Gasteiger partial charge in [0, 0.05) is 22.9 Å². The van der Waals surface area contributed by atoms with Crippen LogP contribution in [-0.2, 0) is 0 Å². The highest BCUT2D eigenvalue weighted by molar-refractivity contribution is 7.99. The Balaban J connectivity index is 1.84. The van der Waals surface area contributed by atoms with E-state index in [1.54, 1.807) is 24.2 Å². The lowest BCUT2D eigenvalue weighted by Gasteiger charge is -2.19. The Hall–Kier alpha value is -2.26. The van der Waals surface area contributed by atoms with Crippen LogP contribution in [0.15, 0.2) is 90.1 Å². The second-order valence-electron chi connectivity index (χ2n) is 4.47. The van der Waals surface area contributed by atoms with Crippen molar-refractivity contribution in [1.29, 1.82) is 0 Å². The Bertz CT molecular complexity index is 617. The van der Waals surface area contributed by atoms with Gasteiger partial charge in [-0.05, 0) is 36.4 Å². The SMILES string of the molecule is c1ccc(OC(Sc2ccccc2)c2ccncc2)cc1. The molecule has 3 aromatic rings. The maximum atomic E-state index is 6.14. The monoisotopic (exact) mass is 293 g/mol. The minimum atomic E-state index is -0.0993. The fraction of sp³-hybridized carbons (Fsp3) is 0.0556. The highest BCUT2D eigenvalue weighted by Crippen LogP contribution is 2.36. The van der Waals surface area contributed by atoms with E-state index in [0.29, 0.717) is 0 Å². The summed E-state index contributed by atoms with van der Waals surface area (Å²) in [6.45, 7) is 0. The number of rotatable bonds is 5. The van der Waals surface area contributed by atoms with Crippen molar-refractivity contribution in [2.24, 2.45) is 0 Å². The van der Waals surface area contributed by atoms with Gasteiger partial charge in [0.25, 0.3) is 0 Å². The van der Waals surface area contributed by atoms with Crippen LogP contribution in [0.25, 0.3) is 0 Å². The van der Waals surface area contributed by atoms with Gasteiger partial charge < -0.3 is 4.74 Å². The summed E-state index contributed by atoms with van der Waals surface area (Å²) in [7, 11) is 0. The summed E-state index contributed by atoms with van der Waals surface area (Å²) in [5.74, 6) is 0.864. The van der Waals surface area contributed by atoms with Gasteiger partial charge in [-0.15, -0.1) is 0 Å². The molecule has 1 aromatic heterocycles. The van der Waals surface area contributed by atoms with Crippen molar-refractivity contribution in [1.82, 2.24) is 4.98 Å². The van der Waals surface area contributed by atoms with Gasteiger partial charge in [0.05, 0.1) is 0 Å². The van der Waals surface area contributed by atoms with Crippen LogP contribution in [0.1, 0.15) is 11.0 Å². The van der Waals surface area contributed by atoms with Crippen LogP contribution < -0.4 is 4.74 Å². The van der Waals surface area contributed by atoms with Gasteiger partial charge in [0.1, 0.15) is 5.75 Å². The largest absolute Gasteiger partial charge is 0.475 e. The van der Waals surface area contributed by atoms with E-state index in [2.05, 4.69) is 17.1 Å². The summed E-state index contributed by atoms with van der Waals surface area (Å²) < 4.78 is 6.14. The summed E-state index contributed by atoms with van der Waals surface area (Å²) >= 11 is 1.69. The van der Waals surface area contributed by atoms with Crippen LogP contribution in [0.4, 0.5) is 0 Å². The fourth-order valence-electron chi connectivity index (χ4n) is 1.93. The second-order valence-corrected chi connectivity index (χ2v) is 5.61. The molecule has 1 unspecified atom stereocenters. The maximum Gasteiger partial charge on any atom is 0.174 e. The lowest BCUT2D eigenvalue weighted by molar-refractivity contribution is 0.295. The first-order valence-corrected chi connectivity index (χ1v) is 7.63. The highest BCUT2D eigenvalue weighted by atomic mass is 32.2. The van der Waals surface area contributed by atoms with Crippen LogP contribution in [0.3, 0.4) is 0 Å². The highest BCUT2D eigenvalue weighted by Gasteiger charge is 2.15. The van der Waals surface area contributed by atoms with E-state index in [-0.39, 0.29) is 5.44 Å². The Kier molecular flexibility index (Phi) is 4.54. The van der Waals surface area contributed by atoms with Gasteiger partial charge in [-0.2, -0.15) is 0 Å². The Morgan fingerprint density at radius 2 is 1.38 bits per heavy atom. The van der Waals surface area contributed by atoms with Crippen LogP contribution in [-0.4, -0.2) is 4.98 Å². The Morgan fingerprint density at radius 1 is 0.762 bits per heavy atom. The second kappa shape index (κ2) is 6.95. The molecule has 2 nitrogen and oxygen atoms in total. The fourth-order valence-corrected chi connectivity index (χ4v) is 2.94. The van der Waals surface area contributed by atoms with Crippen molar-refractivity contribution in [2.45, 2.75) is 10.3 Å². The average molecular weight is 293 g/mol. The lowest BCUT2D eigenvalue weighted by Crippen LogP contribution is -2.03. The topological polar surface area (TPSA) is 22.1 Å². The molecule has 0 aliphatic rings. The molecule has 21 heavy (non-hydrogen) atoms. The number of para-hydroxylation sites is 1. The third-order valence-corrected chi connectivity index (χ3v) is 4.08. The molecule has 0 amide bonds. The van der Waals surface area contributed by atoms with Gasteiger partial charge in [-0.1, -0.05) is 48.2 Å². The van der Waals surface area contributed by atoms with E-state index < -0.39 is 0 Å². The van der Waals surface area contributed by atoms with Crippen molar-refractivity contribution in [2.75, 3.05) is 0 Å². The third-order valence-electron chi connectivity index (χ3n) is 2.95. The predicted octanol–water partition coefficient (Wildman–Crippen LogP) is 4.95. The molecule has 0 bridgehead atoms. The molecule has 0 spiro atoms. The molecule has 0 fully saturated rings. The van der Waals surface area contributed by atoms with Gasteiger partial charge in [0.15, 0.2) is 5.44 Å². The zero-order chi connectivity index (χ0) is 14.3. The molecule has 0 radical (unpaired) electrons. The van der Waals surface area contributed by atoms with E-state index in [9.17, 15) is 0 Å². The zero-order valence-electron chi connectivity index (χ0n) is 11.4. The molecule has 0 aliphatic carbocycles. The number of benzene rings is 2. The Morgan fingerprint density at radius 3 is 2.05 bits per heavy atom. The molecular weight excluding hydrogens is 278 g/mol. The molecule has 1 atom stereocenters. The molecule has 3 heteroatoms. The van der Waals surface area contributed by atoms with Crippen molar-refractivity contribution < 1.29 is 4.74 Å². The number of nitrogens with zero attached hydrogens (tertiary/aromatic N) is 1. The molecule has 0 aliphatic heterocycles. The predicted molar refractivity (Wildman–Crippen MR) is 86.3 cm³/mol. The summed E-state index contributed by atoms with van der Waals surface area (Å²) in [6.07, 6.45) is 3.59. The van der Waals surface area contributed by atoms with Gasteiger partial charge in [-0.3, -0.25) is 4.98 Å². The summed E-state index contributed by atoms with van der Waals surface area (Å²) in [6, 6.07) is 24.1. The normalized spacial score (nSPS) is 11.8. The van der Waals surface area contributed by atoms with Crippen LogP contribution in [0, 0.1) is 0 Å². The molecule has 3 rings (SSSR count). The Labute approximate surface area is 128 Å². The van der Waals surface area contributed by atoms with Crippen molar-refractivity contribution in [3.63, 3.8) is 0 Å². The third kappa shape index (κ3) is 3.86. The van der Waals surface area contributed by atoms with E-state index in [4.69, 9.17) is 4.74 Å². The number of hydrogen-bond acceptors (Lipinski definition) is 3. The number of hydrogen-bond donors (Lipinski definition) is 0. The van der Waals surface area contributed by atoms with Crippen LogP contribution in [0.5, 0.6) is 5.75 Å². The maximum absolute atomic E-state index is 6.14. The molecule has 0 N–H and O–H groups in total. The van der Waals surface area contributed by atoms with Gasteiger partial charge >= 0.3 is 0 Å². The standard InChI is InChI=1S/C18H15NOS/c1-3-7-16(8-4-1)20-18(15-11-13-19-14-12-15)21-17-9-5-2-6-10-17/h1-14,18H. The first-order chi connectivity index (χ1) is 10.4. The number of aromatic nitrogens is 1. The first kappa shape index (κ1) is 13.7. The summed E-state index contributed by atoms with van der Waals surface area (Å²) in [5.41, 5.74) is 1.00. The molecule has 104 valence electrons. The number of pyridine rings is 1. The molecule has 2 aromatic carbocycles. The number of ether oxygens (including phenoxy) is 1. The van der Waals surface area contributed by atoms with E-state index in [0.717, 1.165) is 11.3 Å². The minimum absolute atomic E-state index is 0.0993. The van der Waals surface area contributed by atoms with Crippen LogP contribution >= 0.6 is 11.8 Å². The van der Waals surface area contributed by atoms with E-state index in [1.165, 1.54) is 4.90 Å². The van der Waals surface area contributed by atoms with Gasteiger partial charge in [0.2, 0.25) is 0 Å². The molecular formula is C18H15NOS. The van der Waals surface area contributed by atoms with Gasteiger partial charge in [-0.25, -0.2) is 0 Å². The van der Waals surface area contributed by atoms with E-state index >= 15 is 0 Å². The zero-order valence-corrected chi connectivity index (χ0v) is 12.2. The molecule has 0 saturated carbocycles. The van der Waals surface area contributed by atoms with Crippen molar-refractivity contribution in [3.05, 3.63) is 90.8 Å². The minimum Gasteiger partial charge on any atom is -0.475 e. The average Bonchev–Trinajstić information content (AvgIpc) is 2.57. The summed E-state index contributed by atoms with van der Waals surface area (Å²) in [4.78, 5) is 5.25. The van der Waals surface area contributed by atoms with Crippen LogP contribution in [0.2, 0.25) is 0 Å². The first-order valence-electron chi connectivity index (χ1n) is 6.75. The molecule has 1 heterocycles. The van der Waals surface area contributed by atoms with Crippen molar-refractivity contribution in [3.8, 4) is 5.75 Å². The quantitative estimate of drug-likeness (QED) is 0.491. The summed E-state index contributed by atoms with van der Waals surface area (Å²) in [5, 5.41) is 0. The van der Waals surface area contributed by atoms with Crippen molar-refractivity contribution >= 4 is 11.8 Å². The number of thioether (sulfide) groups is 1. The van der Waals surface area contributed by atoms with E-state index in [1.807, 2.05) is 60.7 Å².